The second-order valence-corrected chi connectivity index (χ2v) is 7.83. The summed E-state index contributed by atoms with van der Waals surface area (Å²) in [6.45, 7) is 0. The van der Waals surface area contributed by atoms with Crippen molar-refractivity contribution >= 4 is 39.1 Å². The fourth-order valence-electron chi connectivity index (χ4n) is 2.82. The second kappa shape index (κ2) is 9.65. The van der Waals surface area contributed by atoms with Gasteiger partial charge < -0.3 is 10.1 Å². The van der Waals surface area contributed by atoms with E-state index in [1.54, 1.807) is 25.2 Å². The molecule has 5 nitrogen and oxygen atoms in total. The summed E-state index contributed by atoms with van der Waals surface area (Å²) in [5.41, 5.74) is 0.116. The third-order valence-electron chi connectivity index (χ3n) is 4.22. The highest BCUT2D eigenvalue weighted by Gasteiger charge is 2.30. The first kappa shape index (κ1) is 23.0. The van der Waals surface area contributed by atoms with E-state index in [0.29, 0.717) is 27.2 Å². The van der Waals surface area contributed by atoms with Gasteiger partial charge in [-0.15, -0.1) is 0 Å². The van der Waals surface area contributed by atoms with Crippen LogP contribution in [0.3, 0.4) is 0 Å². The minimum Gasteiger partial charge on any atom is -0.436 e. The maximum Gasteiger partial charge on any atom is 0.416 e. The molecule has 1 aromatic heterocycles. The van der Waals surface area contributed by atoms with E-state index in [-0.39, 0.29) is 29.5 Å². The zero-order valence-corrected chi connectivity index (χ0v) is 18.5. The van der Waals surface area contributed by atoms with Crippen LogP contribution in [0, 0.1) is 0 Å². The molecule has 10 heteroatoms. The molecular formula is C21H16BrClF3N3O2. The van der Waals surface area contributed by atoms with Gasteiger partial charge in [-0.05, 0) is 45.3 Å². The maximum absolute atomic E-state index is 12.8. The van der Waals surface area contributed by atoms with Crippen LogP contribution in [0.25, 0.3) is 0 Å². The van der Waals surface area contributed by atoms with Crippen LogP contribution < -0.4 is 10.1 Å². The third kappa shape index (κ3) is 6.18. The Morgan fingerprint density at radius 2 is 1.87 bits per heavy atom. The van der Waals surface area contributed by atoms with Gasteiger partial charge in [0.15, 0.2) is 5.75 Å². The molecule has 0 saturated carbocycles. The number of hydrogen-bond acceptors (Lipinski definition) is 5. The Kier molecular flexibility index (Phi) is 7.17. The summed E-state index contributed by atoms with van der Waals surface area (Å²) in [7, 11) is 1.71. The van der Waals surface area contributed by atoms with E-state index in [2.05, 4.69) is 31.2 Å². The maximum atomic E-state index is 12.8. The largest absolute Gasteiger partial charge is 0.436 e. The molecule has 3 aromatic rings. The van der Waals surface area contributed by atoms with Crippen LogP contribution in [-0.4, -0.2) is 22.8 Å². The van der Waals surface area contributed by atoms with Crippen LogP contribution in [-0.2, 0) is 23.8 Å². The molecule has 0 aliphatic carbocycles. The summed E-state index contributed by atoms with van der Waals surface area (Å²) in [5.74, 6) is 0.909. The number of carbonyl (C=O) groups excluding carboxylic acids is 1. The monoisotopic (exact) mass is 513 g/mol. The van der Waals surface area contributed by atoms with E-state index in [9.17, 15) is 18.0 Å². The van der Waals surface area contributed by atoms with Crippen LogP contribution in [0.2, 0.25) is 5.02 Å². The molecule has 0 radical (unpaired) electrons. The van der Waals surface area contributed by atoms with Crippen molar-refractivity contribution in [2.45, 2.75) is 19.0 Å². The molecule has 0 saturated heterocycles. The molecule has 0 aliphatic rings. The fourth-order valence-corrected chi connectivity index (χ4v) is 3.81. The first-order valence-electron chi connectivity index (χ1n) is 8.99. The topological polar surface area (TPSA) is 64.1 Å². The van der Waals surface area contributed by atoms with Crippen molar-refractivity contribution in [1.82, 2.24) is 9.97 Å². The molecular weight excluding hydrogens is 499 g/mol. The predicted molar refractivity (Wildman–Crippen MR) is 115 cm³/mol. The normalized spacial score (nSPS) is 11.3. The Morgan fingerprint density at radius 1 is 1.13 bits per heavy atom. The number of nitrogens with one attached hydrogen (secondary N) is 1. The number of ketones is 1. The Balaban J connectivity index is 1.72. The zero-order valence-electron chi connectivity index (χ0n) is 16.1. The van der Waals surface area contributed by atoms with E-state index in [1.165, 1.54) is 18.5 Å². The number of rotatable bonds is 7. The van der Waals surface area contributed by atoms with Gasteiger partial charge in [-0.25, -0.2) is 9.97 Å². The highest BCUT2D eigenvalue weighted by Crippen LogP contribution is 2.37. The number of benzene rings is 2. The lowest BCUT2D eigenvalue weighted by Gasteiger charge is -2.12. The molecule has 2 aromatic carbocycles. The highest BCUT2D eigenvalue weighted by atomic mass is 79.9. The molecule has 1 heterocycles. The van der Waals surface area contributed by atoms with E-state index in [4.69, 9.17) is 16.3 Å². The summed E-state index contributed by atoms with van der Waals surface area (Å²) < 4.78 is 44.8. The SMILES string of the molecule is CNc1cc(Oc2c(Cl)cc(CC(=O)Cc3cccc(C(F)(F)F)c3)cc2Br)ncn1. The Hall–Kier alpha value is -2.65. The Labute approximate surface area is 189 Å². The van der Waals surface area contributed by atoms with Gasteiger partial charge in [-0.3, -0.25) is 4.79 Å². The Morgan fingerprint density at radius 3 is 2.55 bits per heavy atom. The minimum atomic E-state index is -4.45. The van der Waals surface area contributed by atoms with Gasteiger partial charge in [0, 0.05) is 26.0 Å². The van der Waals surface area contributed by atoms with Gasteiger partial charge in [-0.1, -0.05) is 29.8 Å². The lowest BCUT2D eigenvalue weighted by molar-refractivity contribution is -0.137. The van der Waals surface area contributed by atoms with Crippen molar-refractivity contribution in [3.63, 3.8) is 0 Å². The fraction of sp³-hybridized carbons (Fsp3) is 0.190. The van der Waals surface area contributed by atoms with Crippen molar-refractivity contribution in [3.05, 3.63) is 75.0 Å². The number of nitrogens with zero attached hydrogens (tertiary/aromatic N) is 2. The van der Waals surface area contributed by atoms with Gasteiger partial charge in [-0.2, -0.15) is 13.2 Å². The molecule has 0 unspecified atom stereocenters. The molecule has 0 fully saturated rings. The average molecular weight is 515 g/mol. The molecule has 1 N–H and O–H groups in total. The van der Waals surface area contributed by atoms with Gasteiger partial charge in [0.1, 0.15) is 17.9 Å². The molecule has 0 amide bonds. The number of carbonyl (C=O) groups is 1. The summed E-state index contributed by atoms with van der Waals surface area (Å²) in [6.07, 6.45) is -3.23. The van der Waals surface area contributed by atoms with E-state index in [1.807, 2.05) is 0 Å². The number of alkyl halides is 3. The lowest BCUT2D eigenvalue weighted by Crippen LogP contribution is -2.09. The highest BCUT2D eigenvalue weighted by molar-refractivity contribution is 9.10. The predicted octanol–water partition coefficient (Wildman–Crippen LogP) is 6.10. The van der Waals surface area contributed by atoms with Crippen LogP contribution in [0.5, 0.6) is 11.6 Å². The van der Waals surface area contributed by atoms with Gasteiger partial charge >= 0.3 is 6.18 Å². The zero-order chi connectivity index (χ0) is 22.6. The molecule has 0 bridgehead atoms. The van der Waals surface area contributed by atoms with Crippen LogP contribution >= 0.6 is 27.5 Å². The van der Waals surface area contributed by atoms with E-state index in [0.717, 1.165) is 12.1 Å². The average Bonchev–Trinajstić information content (AvgIpc) is 2.70. The number of anilines is 1. The third-order valence-corrected chi connectivity index (χ3v) is 5.09. The number of ether oxygens (including phenoxy) is 1. The van der Waals surface area contributed by atoms with Crippen LogP contribution in [0.15, 0.2) is 53.3 Å². The minimum absolute atomic E-state index is 0.00621. The number of aromatic nitrogens is 2. The van der Waals surface area contributed by atoms with E-state index < -0.39 is 11.7 Å². The number of hydrogen-bond donors (Lipinski definition) is 1. The summed E-state index contributed by atoms with van der Waals surface area (Å²) in [5, 5.41) is 3.12. The first-order chi connectivity index (χ1) is 14.7. The van der Waals surface area contributed by atoms with Crippen molar-refractivity contribution in [2.24, 2.45) is 0 Å². The van der Waals surface area contributed by atoms with Crippen LogP contribution in [0.4, 0.5) is 19.0 Å². The van der Waals surface area contributed by atoms with Crippen molar-refractivity contribution in [2.75, 3.05) is 12.4 Å². The van der Waals surface area contributed by atoms with Gasteiger partial charge in [0.2, 0.25) is 5.88 Å². The first-order valence-corrected chi connectivity index (χ1v) is 10.2. The molecule has 3 rings (SSSR count). The molecule has 0 atom stereocenters. The number of Topliss-reactive ketones (excluding diaryl/α,β-unsaturated/α-hetero) is 1. The number of halogens is 5. The van der Waals surface area contributed by atoms with Gasteiger partial charge in [0.05, 0.1) is 15.1 Å². The van der Waals surface area contributed by atoms with Crippen molar-refractivity contribution in [1.29, 1.82) is 0 Å². The standard InChI is InChI=1S/C21H16BrClF3N3O2/c1-27-18-10-19(29-11-28-18)31-20-16(22)8-13(9-17(20)23)7-15(30)6-12-3-2-4-14(5-12)21(24,25)26/h2-5,8-11H,6-7H2,1H3,(H,27,28,29). The molecule has 0 spiro atoms. The molecule has 31 heavy (non-hydrogen) atoms. The second-order valence-electron chi connectivity index (χ2n) is 6.57. The summed E-state index contributed by atoms with van der Waals surface area (Å²) in [4.78, 5) is 20.4. The van der Waals surface area contributed by atoms with Gasteiger partial charge in [0.25, 0.3) is 0 Å². The van der Waals surface area contributed by atoms with Crippen molar-refractivity contribution in [3.8, 4) is 11.6 Å². The van der Waals surface area contributed by atoms with E-state index >= 15 is 0 Å². The molecule has 162 valence electrons. The summed E-state index contributed by atoms with van der Waals surface area (Å²) >= 11 is 9.70. The van der Waals surface area contributed by atoms with Crippen molar-refractivity contribution < 1.29 is 22.7 Å². The smallest absolute Gasteiger partial charge is 0.416 e. The lowest BCUT2D eigenvalue weighted by atomic mass is 10.0. The quantitative estimate of drug-likeness (QED) is 0.413. The molecule has 0 aliphatic heterocycles. The Bertz CT molecular complexity index is 1090. The van der Waals surface area contributed by atoms with Crippen LogP contribution in [0.1, 0.15) is 16.7 Å². The summed E-state index contributed by atoms with van der Waals surface area (Å²) in [6, 6.07) is 9.58.